The smallest absolute Gasteiger partial charge is 0.264 e. The molecule has 1 N–H and O–H groups in total. The number of benzene rings is 2. The average Bonchev–Trinajstić information content (AvgIpc) is 3.41. The van der Waals surface area contributed by atoms with Gasteiger partial charge in [0.15, 0.2) is 5.16 Å². The summed E-state index contributed by atoms with van der Waals surface area (Å²) >= 11 is 8.02. The SMILES string of the molecule is Cn1c(Sc2c(Cl)c3cc(-c4ccccc4)ccc3[nH]c2=O)nnc1C1CCCC1. The molecule has 1 saturated carbocycles. The number of pyridine rings is 1. The monoisotopic (exact) mass is 436 g/mol. The number of nitrogens with zero attached hydrogens (tertiary/aromatic N) is 3. The van der Waals surface area contributed by atoms with E-state index in [4.69, 9.17) is 11.6 Å². The molecule has 1 aliphatic carbocycles. The van der Waals surface area contributed by atoms with Crippen molar-refractivity contribution in [1.29, 1.82) is 0 Å². The molecule has 0 saturated heterocycles. The van der Waals surface area contributed by atoms with Crippen molar-refractivity contribution in [2.75, 3.05) is 0 Å². The van der Waals surface area contributed by atoms with Crippen LogP contribution in [0.15, 0.2) is 63.4 Å². The predicted octanol–water partition coefficient (Wildman–Crippen LogP) is 5.79. The maximum Gasteiger partial charge on any atom is 0.264 e. The van der Waals surface area contributed by atoms with Gasteiger partial charge in [-0.05, 0) is 47.9 Å². The maximum absolute atomic E-state index is 12.8. The molecule has 0 atom stereocenters. The van der Waals surface area contributed by atoms with Crippen molar-refractivity contribution < 1.29 is 0 Å². The number of aromatic nitrogens is 4. The largest absolute Gasteiger partial charge is 0.321 e. The van der Waals surface area contributed by atoms with Gasteiger partial charge in [0.2, 0.25) is 0 Å². The van der Waals surface area contributed by atoms with Crippen molar-refractivity contribution in [2.24, 2.45) is 7.05 Å². The van der Waals surface area contributed by atoms with Crippen molar-refractivity contribution in [3.8, 4) is 11.1 Å². The molecule has 152 valence electrons. The topological polar surface area (TPSA) is 63.6 Å². The summed E-state index contributed by atoms with van der Waals surface area (Å²) in [6.07, 6.45) is 4.77. The van der Waals surface area contributed by atoms with E-state index in [1.165, 1.54) is 24.6 Å². The number of H-pyrrole nitrogens is 1. The van der Waals surface area contributed by atoms with Crippen LogP contribution in [-0.4, -0.2) is 19.7 Å². The molecule has 2 heterocycles. The van der Waals surface area contributed by atoms with Gasteiger partial charge >= 0.3 is 0 Å². The molecule has 1 aliphatic rings. The van der Waals surface area contributed by atoms with E-state index in [1.807, 2.05) is 48.0 Å². The Balaban J connectivity index is 1.55. The van der Waals surface area contributed by atoms with E-state index in [0.717, 1.165) is 40.7 Å². The third-order valence-corrected chi connectivity index (χ3v) is 7.44. The van der Waals surface area contributed by atoms with Crippen LogP contribution in [0.4, 0.5) is 0 Å². The van der Waals surface area contributed by atoms with Crippen molar-refractivity contribution in [1.82, 2.24) is 19.7 Å². The van der Waals surface area contributed by atoms with E-state index in [2.05, 4.69) is 27.3 Å². The van der Waals surface area contributed by atoms with Crippen LogP contribution < -0.4 is 5.56 Å². The van der Waals surface area contributed by atoms with Gasteiger partial charge < -0.3 is 9.55 Å². The first-order chi connectivity index (χ1) is 14.6. The molecular formula is C23H21ClN4OS. The summed E-state index contributed by atoms with van der Waals surface area (Å²) in [6, 6.07) is 16.0. The summed E-state index contributed by atoms with van der Waals surface area (Å²) in [6.45, 7) is 0. The lowest BCUT2D eigenvalue weighted by molar-refractivity contribution is 0.616. The van der Waals surface area contributed by atoms with Crippen LogP contribution in [0.25, 0.3) is 22.0 Å². The highest BCUT2D eigenvalue weighted by Gasteiger charge is 2.24. The van der Waals surface area contributed by atoms with Crippen molar-refractivity contribution >= 4 is 34.3 Å². The minimum atomic E-state index is -0.213. The van der Waals surface area contributed by atoms with Crippen LogP contribution in [0, 0.1) is 0 Å². The second kappa shape index (κ2) is 7.93. The van der Waals surface area contributed by atoms with E-state index in [1.54, 1.807) is 0 Å². The minimum Gasteiger partial charge on any atom is -0.321 e. The van der Waals surface area contributed by atoms with Gasteiger partial charge in [-0.15, -0.1) is 10.2 Å². The Hall–Kier alpha value is -2.57. The number of rotatable bonds is 4. The van der Waals surface area contributed by atoms with Gasteiger partial charge in [0, 0.05) is 23.9 Å². The number of nitrogens with one attached hydrogen (secondary N) is 1. The Labute approximate surface area is 183 Å². The summed E-state index contributed by atoms with van der Waals surface area (Å²) in [5, 5.41) is 10.7. The maximum atomic E-state index is 12.8. The number of hydrogen-bond donors (Lipinski definition) is 1. The molecule has 2 aromatic heterocycles. The molecular weight excluding hydrogens is 416 g/mol. The van der Waals surface area contributed by atoms with Gasteiger partial charge in [-0.1, -0.05) is 60.8 Å². The zero-order chi connectivity index (χ0) is 20.7. The molecule has 0 bridgehead atoms. The molecule has 5 nitrogen and oxygen atoms in total. The number of halogens is 1. The third-order valence-electron chi connectivity index (χ3n) is 5.80. The second-order valence-corrected chi connectivity index (χ2v) is 9.06. The molecule has 0 radical (unpaired) electrons. The highest BCUT2D eigenvalue weighted by atomic mass is 35.5. The molecule has 30 heavy (non-hydrogen) atoms. The molecule has 7 heteroatoms. The number of aromatic amines is 1. The fourth-order valence-corrected chi connectivity index (χ4v) is 5.38. The van der Waals surface area contributed by atoms with Gasteiger partial charge in [0.1, 0.15) is 5.82 Å². The third kappa shape index (κ3) is 3.44. The highest BCUT2D eigenvalue weighted by Crippen LogP contribution is 2.38. The zero-order valence-corrected chi connectivity index (χ0v) is 18.1. The highest BCUT2D eigenvalue weighted by molar-refractivity contribution is 7.99. The average molecular weight is 437 g/mol. The fraction of sp³-hybridized carbons (Fsp3) is 0.261. The van der Waals surface area contributed by atoms with Gasteiger partial charge in [-0.25, -0.2) is 0 Å². The van der Waals surface area contributed by atoms with Gasteiger partial charge in [-0.3, -0.25) is 4.79 Å². The Morgan fingerprint density at radius 2 is 1.83 bits per heavy atom. The Morgan fingerprint density at radius 3 is 2.60 bits per heavy atom. The second-order valence-electron chi connectivity index (χ2n) is 7.71. The number of hydrogen-bond acceptors (Lipinski definition) is 4. The van der Waals surface area contributed by atoms with E-state index < -0.39 is 0 Å². The minimum absolute atomic E-state index is 0.213. The molecule has 2 aromatic carbocycles. The first-order valence-corrected chi connectivity index (χ1v) is 11.3. The van der Waals surface area contributed by atoms with Crippen molar-refractivity contribution in [3.05, 3.63) is 69.7 Å². The Kier molecular flexibility index (Phi) is 5.13. The Bertz CT molecular complexity index is 1280. The van der Waals surface area contributed by atoms with E-state index in [-0.39, 0.29) is 5.56 Å². The molecule has 0 aliphatic heterocycles. The van der Waals surface area contributed by atoms with Crippen LogP contribution in [0.5, 0.6) is 0 Å². The van der Waals surface area contributed by atoms with E-state index >= 15 is 0 Å². The lowest BCUT2D eigenvalue weighted by Gasteiger charge is -2.10. The Morgan fingerprint density at radius 1 is 1.07 bits per heavy atom. The first-order valence-electron chi connectivity index (χ1n) is 10.1. The molecule has 5 rings (SSSR count). The van der Waals surface area contributed by atoms with Crippen LogP contribution >= 0.6 is 23.4 Å². The zero-order valence-electron chi connectivity index (χ0n) is 16.6. The van der Waals surface area contributed by atoms with Crippen molar-refractivity contribution in [2.45, 2.75) is 41.7 Å². The quantitative estimate of drug-likeness (QED) is 0.440. The first kappa shape index (κ1) is 19.4. The van der Waals surface area contributed by atoms with E-state index in [9.17, 15) is 4.79 Å². The van der Waals surface area contributed by atoms with Crippen LogP contribution in [0.2, 0.25) is 5.02 Å². The normalized spacial score (nSPS) is 14.6. The summed E-state index contributed by atoms with van der Waals surface area (Å²) in [7, 11) is 1.96. The number of fused-ring (bicyclic) bond motifs is 1. The molecule has 1 fully saturated rings. The van der Waals surface area contributed by atoms with Crippen LogP contribution in [0.1, 0.15) is 37.4 Å². The molecule has 0 amide bonds. The molecule has 0 spiro atoms. The standard InChI is InChI=1S/C23H21ClN4OS/c1-28-21(15-9-5-6-10-15)26-27-23(28)30-20-19(24)17-13-16(14-7-3-2-4-8-14)11-12-18(17)25-22(20)29/h2-4,7-8,11-13,15H,5-6,9-10H2,1H3,(H,25,29). The van der Waals surface area contributed by atoms with Gasteiger partial charge in [-0.2, -0.15) is 0 Å². The molecule has 0 unspecified atom stereocenters. The fourth-order valence-electron chi connectivity index (χ4n) is 4.18. The predicted molar refractivity (Wildman–Crippen MR) is 121 cm³/mol. The summed E-state index contributed by atoms with van der Waals surface area (Å²) in [5.41, 5.74) is 2.66. The van der Waals surface area contributed by atoms with Crippen LogP contribution in [0.3, 0.4) is 0 Å². The summed E-state index contributed by atoms with van der Waals surface area (Å²) in [4.78, 5) is 16.2. The van der Waals surface area contributed by atoms with Crippen molar-refractivity contribution in [3.63, 3.8) is 0 Å². The van der Waals surface area contributed by atoms with Gasteiger partial charge in [0.05, 0.1) is 9.92 Å². The lowest BCUT2D eigenvalue weighted by Crippen LogP contribution is -2.10. The molecule has 4 aromatic rings. The van der Waals surface area contributed by atoms with E-state index in [0.29, 0.717) is 21.0 Å². The summed E-state index contributed by atoms with van der Waals surface area (Å²) in [5.74, 6) is 1.45. The lowest BCUT2D eigenvalue weighted by atomic mass is 10.0. The summed E-state index contributed by atoms with van der Waals surface area (Å²) < 4.78 is 2.00. The van der Waals surface area contributed by atoms with Gasteiger partial charge in [0.25, 0.3) is 5.56 Å². The van der Waals surface area contributed by atoms with Crippen LogP contribution in [-0.2, 0) is 7.05 Å².